The number of piperidine rings is 1. The number of likely N-dealkylation sites (tertiary alicyclic amines) is 1. The Kier molecular flexibility index (Phi) is 3.80. The summed E-state index contributed by atoms with van der Waals surface area (Å²) in [7, 11) is 0. The molecule has 0 atom stereocenters. The second kappa shape index (κ2) is 5.73. The summed E-state index contributed by atoms with van der Waals surface area (Å²) in [5, 5.41) is 1.06. The van der Waals surface area contributed by atoms with E-state index in [1.807, 2.05) is 16.7 Å². The summed E-state index contributed by atoms with van der Waals surface area (Å²) in [6.07, 6.45) is 5.62. The lowest BCUT2D eigenvalue weighted by atomic mass is 10.1. The summed E-state index contributed by atoms with van der Waals surface area (Å²) in [6.45, 7) is 3.65. The van der Waals surface area contributed by atoms with E-state index < -0.39 is 0 Å². The van der Waals surface area contributed by atoms with Crippen LogP contribution in [0.3, 0.4) is 0 Å². The van der Waals surface area contributed by atoms with Gasteiger partial charge < -0.3 is 15.2 Å². The van der Waals surface area contributed by atoms with Gasteiger partial charge in [0.25, 0.3) is 5.56 Å². The molecule has 106 valence electrons. The van der Waals surface area contributed by atoms with Gasteiger partial charge in [-0.15, -0.1) is 0 Å². The van der Waals surface area contributed by atoms with Gasteiger partial charge in [-0.2, -0.15) is 0 Å². The molecule has 0 saturated carbocycles. The number of hydrogen-bond acceptors (Lipinski definition) is 4. The van der Waals surface area contributed by atoms with Gasteiger partial charge in [-0.1, -0.05) is 0 Å². The minimum absolute atomic E-state index is 0.0409. The Hall–Kier alpha value is -1.72. The molecule has 0 bridgehead atoms. The largest absolute Gasteiger partial charge is 0.328 e. The highest BCUT2D eigenvalue weighted by Gasteiger charge is 2.15. The molecule has 2 N–H and O–H groups in total. The van der Waals surface area contributed by atoms with E-state index in [-0.39, 0.29) is 5.56 Å². The van der Waals surface area contributed by atoms with E-state index in [0.29, 0.717) is 12.6 Å². The molecule has 3 heterocycles. The third-order valence-corrected chi connectivity index (χ3v) is 4.07. The van der Waals surface area contributed by atoms with E-state index in [0.717, 1.165) is 43.4 Å². The molecule has 1 aliphatic rings. The lowest BCUT2D eigenvalue weighted by molar-refractivity contribution is 0.206. The molecular weight excluding hydrogens is 252 g/mol. The van der Waals surface area contributed by atoms with Gasteiger partial charge in [-0.25, -0.2) is 0 Å². The molecule has 0 unspecified atom stereocenters. The molecule has 1 fully saturated rings. The Morgan fingerprint density at radius 1 is 1.20 bits per heavy atom. The van der Waals surface area contributed by atoms with Crippen LogP contribution in [0.15, 0.2) is 35.4 Å². The summed E-state index contributed by atoms with van der Waals surface area (Å²) in [5.41, 5.74) is 6.86. The second-order valence-electron chi connectivity index (χ2n) is 5.44. The maximum absolute atomic E-state index is 12.1. The van der Waals surface area contributed by atoms with Crippen LogP contribution in [0.25, 0.3) is 10.9 Å². The predicted octanol–water partition coefficient (Wildman–Crippen LogP) is 0.820. The molecule has 0 aromatic carbocycles. The Morgan fingerprint density at radius 3 is 2.80 bits per heavy atom. The number of rotatable bonds is 3. The van der Waals surface area contributed by atoms with Gasteiger partial charge in [-0.05, 0) is 38.1 Å². The summed E-state index contributed by atoms with van der Waals surface area (Å²) in [4.78, 5) is 18.6. The van der Waals surface area contributed by atoms with Gasteiger partial charge in [0, 0.05) is 36.8 Å². The first-order chi connectivity index (χ1) is 9.74. The molecule has 0 amide bonds. The Bertz CT molecular complexity index is 644. The van der Waals surface area contributed by atoms with E-state index in [9.17, 15) is 4.79 Å². The van der Waals surface area contributed by atoms with Crippen LogP contribution < -0.4 is 11.3 Å². The Balaban J connectivity index is 1.77. The monoisotopic (exact) mass is 272 g/mol. The molecule has 5 heteroatoms. The summed E-state index contributed by atoms with van der Waals surface area (Å²) < 4.78 is 1.82. The SMILES string of the molecule is NC1CCN(CCn2c(=O)ccc3ccncc32)CC1. The van der Waals surface area contributed by atoms with E-state index in [4.69, 9.17) is 5.73 Å². The zero-order chi connectivity index (χ0) is 13.9. The lowest BCUT2D eigenvalue weighted by Crippen LogP contribution is -2.41. The van der Waals surface area contributed by atoms with Crippen molar-refractivity contribution < 1.29 is 0 Å². The first kappa shape index (κ1) is 13.3. The van der Waals surface area contributed by atoms with E-state index in [1.54, 1.807) is 18.5 Å². The van der Waals surface area contributed by atoms with Gasteiger partial charge in [0.05, 0.1) is 11.7 Å². The number of aromatic nitrogens is 2. The standard InChI is InChI=1S/C15H20N4O/c16-13-4-7-18(8-5-13)9-10-19-14-11-17-6-3-12(14)1-2-15(19)20/h1-3,6,11,13H,4-5,7-10,16H2. The van der Waals surface area contributed by atoms with Gasteiger partial charge in [0.2, 0.25) is 0 Å². The van der Waals surface area contributed by atoms with Gasteiger partial charge in [0.1, 0.15) is 0 Å². The fourth-order valence-corrected chi connectivity index (χ4v) is 2.78. The van der Waals surface area contributed by atoms with Crippen molar-refractivity contribution >= 4 is 10.9 Å². The number of nitrogens with zero attached hydrogens (tertiary/aromatic N) is 3. The highest BCUT2D eigenvalue weighted by atomic mass is 16.1. The van der Waals surface area contributed by atoms with Crippen LogP contribution in [0.1, 0.15) is 12.8 Å². The van der Waals surface area contributed by atoms with Crippen LogP contribution in [0, 0.1) is 0 Å². The topological polar surface area (TPSA) is 64.2 Å². The molecule has 5 nitrogen and oxygen atoms in total. The minimum Gasteiger partial charge on any atom is -0.328 e. The molecule has 1 aliphatic heterocycles. The molecular formula is C15H20N4O. The molecule has 0 spiro atoms. The molecule has 2 aromatic heterocycles. The van der Waals surface area contributed by atoms with Crippen LogP contribution in [0.5, 0.6) is 0 Å². The van der Waals surface area contributed by atoms with Crippen LogP contribution in [0.4, 0.5) is 0 Å². The smallest absolute Gasteiger partial charge is 0.251 e. The lowest BCUT2D eigenvalue weighted by Gasteiger charge is -2.30. The molecule has 0 aliphatic carbocycles. The molecule has 1 saturated heterocycles. The van der Waals surface area contributed by atoms with Crippen LogP contribution in [-0.2, 0) is 6.54 Å². The van der Waals surface area contributed by atoms with Crippen LogP contribution >= 0.6 is 0 Å². The van der Waals surface area contributed by atoms with Gasteiger partial charge in [-0.3, -0.25) is 9.78 Å². The number of pyridine rings is 2. The molecule has 20 heavy (non-hydrogen) atoms. The van der Waals surface area contributed by atoms with E-state index >= 15 is 0 Å². The number of hydrogen-bond donors (Lipinski definition) is 1. The fourth-order valence-electron chi connectivity index (χ4n) is 2.78. The van der Waals surface area contributed by atoms with Crippen LogP contribution in [0.2, 0.25) is 0 Å². The van der Waals surface area contributed by atoms with E-state index in [1.165, 1.54) is 0 Å². The van der Waals surface area contributed by atoms with Crippen LogP contribution in [-0.4, -0.2) is 40.1 Å². The van der Waals surface area contributed by atoms with Gasteiger partial charge >= 0.3 is 0 Å². The van der Waals surface area contributed by atoms with Crippen molar-refractivity contribution in [1.29, 1.82) is 0 Å². The molecule has 0 radical (unpaired) electrons. The highest BCUT2D eigenvalue weighted by molar-refractivity contribution is 5.77. The average Bonchev–Trinajstić information content (AvgIpc) is 2.48. The van der Waals surface area contributed by atoms with E-state index in [2.05, 4.69) is 9.88 Å². The zero-order valence-corrected chi connectivity index (χ0v) is 11.5. The normalized spacial score (nSPS) is 17.6. The van der Waals surface area contributed by atoms with Crippen molar-refractivity contribution in [2.75, 3.05) is 19.6 Å². The van der Waals surface area contributed by atoms with Crippen molar-refractivity contribution in [2.24, 2.45) is 5.73 Å². The fraction of sp³-hybridized carbons (Fsp3) is 0.467. The number of fused-ring (bicyclic) bond motifs is 1. The maximum Gasteiger partial charge on any atom is 0.251 e. The van der Waals surface area contributed by atoms with Crippen molar-refractivity contribution in [3.05, 3.63) is 40.9 Å². The van der Waals surface area contributed by atoms with Crippen molar-refractivity contribution in [2.45, 2.75) is 25.4 Å². The minimum atomic E-state index is 0.0409. The second-order valence-corrected chi connectivity index (χ2v) is 5.44. The first-order valence-electron chi connectivity index (χ1n) is 7.15. The first-order valence-corrected chi connectivity index (χ1v) is 7.15. The Morgan fingerprint density at radius 2 is 2.00 bits per heavy atom. The highest BCUT2D eigenvalue weighted by Crippen LogP contribution is 2.11. The summed E-state index contributed by atoms with van der Waals surface area (Å²) in [6, 6.07) is 5.77. The van der Waals surface area contributed by atoms with Crippen molar-refractivity contribution in [3.8, 4) is 0 Å². The van der Waals surface area contributed by atoms with Crippen molar-refractivity contribution in [1.82, 2.24) is 14.5 Å². The third kappa shape index (κ3) is 2.73. The van der Waals surface area contributed by atoms with Gasteiger partial charge in [0.15, 0.2) is 0 Å². The summed E-state index contributed by atoms with van der Waals surface area (Å²) in [5.74, 6) is 0. The Labute approximate surface area is 118 Å². The van der Waals surface area contributed by atoms with Crippen molar-refractivity contribution in [3.63, 3.8) is 0 Å². The third-order valence-electron chi connectivity index (χ3n) is 4.07. The molecule has 3 rings (SSSR count). The maximum atomic E-state index is 12.1. The zero-order valence-electron chi connectivity index (χ0n) is 11.5. The number of nitrogens with two attached hydrogens (primary N) is 1. The molecule has 2 aromatic rings. The predicted molar refractivity (Wildman–Crippen MR) is 79.7 cm³/mol. The average molecular weight is 272 g/mol. The summed E-state index contributed by atoms with van der Waals surface area (Å²) >= 11 is 0. The quantitative estimate of drug-likeness (QED) is 0.898.